The maximum atomic E-state index is 13.1. The second-order valence-corrected chi connectivity index (χ2v) is 10.7. The summed E-state index contributed by atoms with van der Waals surface area (Å²) in [6.45, 7) is 1.33. The molecule has 0 unspecified atom stereocenters. The van der Waals surface area contributed by atoms with E-state index in [4.69, 9.17) is 9.47 Å². The Morgan fingerprint density at radius 3 is 2.19 bits per heavy atom. The van der Waals surface area contributed by atoms with Crippen LogP contribution in [-0.4, -0.2) is 74.9 Å². The number of Topliss-reactive ketones (excluding diaryl/α,β-unsaturated/α-hetero) is 1. The molecule has 2 heterocycles. The van der Waals surface area contributed by atoms with Gasteiger partial charge in [-0.1, -0.05) is 18.6 Å². The van der Waals surface area contributed by atoms with E-state index in [-0.39, 0.29) is 34.9 Å². The number of aliphatic hydroxyl groups is 1. The fourth-order valence-electron chi connectivity index (χ4n) is 4.63. The molecule has 1 N–H and O–H groups in total. The lowest BCUT2D eigenvalue weighted by Gasteiger charge is -2.26. The van der Waals surface area contributed by atoms with Crippen molar-refractivity contribution in [3.63, 3.8) is 0 Å². The molecule has 0 radical (unpaired) electrons. The number of methoxy groups -OCH3 is 2. The van der Waals surface area contributed by atoms with Gasteiger partial charge in [0.05, 0.1) is 30.2 Å². The number of ketones is 1. The number of ether oxygens (including phenoxy) is 2. The summed E-state index contributed by atoms with van der Waals surface area (Å²) >= 11 is 0. The van der Waals surface area contributed by atoms with Crippen LogP contribution in [0.1, 0.15) is 36.4 Å². The maximum Gasteiger partial charge on any atom is 0.295 e. The van der Waals surface area contributed by atoms with E-state index in [1.807, 2.05) is 0 Å². The van der Waals surface area contributed by atoms with E-state index < -0.39 is 27.8 Å². The predicted molar refractivity (Wildman–Crippen MR) is 133 cm³/mol. The van der Waals surface area contributed by atoms with Crippen LogP contribution < -0.4 is 4.74 Å². The monoisotopic (exact) mass is 514 g/mol. The van der Waals surface area contributed by atoms with Crippen LogP contribution in [0.3, 0.4) is 0 Å². The van der Waals surface area contributed by atoms with E-state index in [2.05, 4.69) is 0 Å². The molecule has 2 aliphatic heterocycles. The summed E-state index contributed by atoms with van der Waals surface area (Å²) in [5.41, 5.74) is 0.806. The van der Waals surface area contributed by atoms with Gasteiger partial charge < -0.3 is 19.5 Å². The average Bonchev–Trinajstić information content (AvgIpc) is 3.17. The molecule has 2 aromatic carbocycles. The highest BCUT2D eigenvalue weighted by atomic mass is 32.2. The van der Waals surface area contributed by atoms with Crippen LogP contribution >= 0.6 is 0 Å². The number of sulfonamides is 1. The molecule has 10 heteroatoms. The molecule has 0 spiro atoms. The minimum Gasteiger partial charge on any atom is -0.507 e. The molecular formula is C26H30N2O7S. The van der Waals surface area contributed by atoms with Gasteiger partial charge in [0.2, 0.25) is 10.0 Å². The van der Waals surface area contributed by atoms with Crippen LogP contribution in [0.2, 0.25) is 0 Å². The summed E-state index contributed by atoms with van der Waals surface area (Å²) in [6, 6.07) is 11.8. The Balaban J connectivity index is 1.73. The van der Waals surface area contributed by atoms with Crippen LogP contribution in [0.5, 0.6) is 5.75 Å². The summed E-state index contributed by atoms with van der Waals surface area (Å²) in [7, 11) is -0.607. The highest BCUT2D eigenvalue weighted by Gasteiger charge is 2.45. The van der Waals surface area contributed by atoms with Crippen molar-refractivity contribution in [2.24, 2.45) is 0 Å². The van der Waals surface area contributed by atoms with Gasteiger partial charge in [-0.05, 0) is 54.8 Å². The van der Waals surface area contributed by atoms with Crippen molar-refractivity contribution in [1.29, 1.82) is 0 Å². The lowest BCUT2D eigenvalue weighted by atomic mass is 9.95. The van der Waals surface area contributed by atoms with E-state index in [0.29, 0.717) is 24.4 Å². The third-order valence-electron chi connectivity index (χ3n) is 6.59. The molecule has 0 aromatic heterocycles. The first-order valence-electron chi connectivity index (χ1n) is 11.8. The first-order chi connectivity index (χ1) is 17.3. The van der Waals surface area contributed by atoms with Gasteiger partial charge in [0.15, 0.2) is 0 Å². The molecule has 2 aromatic rings. The molecule has 192 valence electrons. The Morgan fingerprint density at radius 1 is 0.972 bits per heavy atom. The summed E-state index contributed by atoms with van der Waals surface area (Å²) in [4.78, 5) is 27.4. The molecule has 2 fully saturated rings. The Kier molecular flexibility index (Phi) is 7.77. The zero-order chi connectivity index (χ0) is 25.9. The first-order valence-corrected chi connectivity index (χ1v) is 13.3. The number of aliphatic hydroxyl groups excluding tert-OH is 1. The van der Waals surface area contributed by atoms with Crippen LogP contribution in [-0.2, 0) is 24.3 Å². The van der Waals surface area contributed by atoms with Crippen molar-refractivity contribution >= 4 is 27.5 Å². The smallest absolute Gasteiger partial charge is 0.295 e. The van der Waals surface area contributed by atoms with Crippen LogP contribution in [0.4, 0.5) is 0 Å². The molecule has 0 saturated carbocycles. The SMILES string of the molecule is COCCN1C(=O)C(=O)C(=C(O)c2ccc(S(=O)(=O)N3CCCCC3)cc2)[C@H]1c1ccc(OC)cc1. The van der Waals surface area contributed by atoms with E-state index in [1.165, 1.54) is 47.7 Å². The summed E-state index contributed by atoms with van der Waals surface area (Å²) < 4.78 is 37.8. The van der Waals surface area contributed by atoms with Gasteiger partial charge >= 0.3 is 0 Å². The lowest BCUT2D eigenvalue weighted by Crippen LogP contribution is -2.35. The van der Waals surface area contributed by atoms with Crippen molar-refractivity contribution in [3.05, 3.63) is 65.2 Å². The van der Waals surface area contributed by atoms with E-state index in [0.717, 1.165) is 19.3 Å². The minimum atomic E-state index is -3.64. The van der Waals surface area contributed by atoms with Crippen LogP contribution in [0, 0.1) is 0 Å². The number of rotatable bonds is 8. The van der Waals surface area contributed by atoms with Crippen LogP contribution in [0.15, 0.2) is 59.0 Å². The van der Waals surface area contributed by atoms with Gasteiger partial charge in [-0.25, -0.2) is 8.42 Å². The number of hydrogen-bond donors (Lipinski definition) is 1. The quantitative estimate of drug-likeness (QED) is 0.327. The minimum absolute atomic E-state index is 0.0621. The van der Waals surface area contributed by atoms with Crippen molar-refractivity contribution in [3.8, 4) is 5.75 Å². The molecule has 0 aliphatic carbocycles. The van der Waals surface area contributed by atoms with Crippen molar-refractivity contribution < 1.29 is 32.6 Å². The summed E-state index contributed by atoms with van der Waals surface area (Å²) in [5, 5.41) is 11.2. The summed E-state index contributed by atoms with van der Waals surface area (Å²) in [6.07, 6.45) is 2.66. The van der Waals surface area contributed by atoms with Crippen LogP contribution in [0.25, 0.3) is 5.76 Å². The molecule has 0 bridgehead atoms. The maximum absolute atomic E-state index is 13.1. The molecule has 1 atom stereocenters. The molecule has 36 heavy (non-hydrogen) atoms. The normalized spacial score (nSPS) is 20.6. The molecular weight excluding hydrogens is 484 g/mol. The van der Waals surface area contributed by atoms with Gasteiger partial charge in [-0.3, -0.25) is 9.59 Å². The van der Waals surface area contributed by atoms with Crippen molar-refractivity contribution in [2.75, 3.05) is 40.5 Å². The van der Waals surface area contributed by atoms with Gasteiger partial charge in [0.1, 0.15) is 11.5 Å². The summed E-state index contributed by atoms with van der Waals surface area (Å²) in [5.74, 6) is -1.30. The lowest BCUT2D eigenvalue weighted by molar-refractivity contribution is -0.140. The second kappa shape index (κ2) is 10.8. The molecule has 2 aliphatic rings. The fourth-order valence-corrected chi connectivity index (χ4v) is 6.14. The number of amides is 1. The topological polar surface area (TPSA) is 113 Å². The van der Waals surface area contributed by atoms with Gasteiger partial charge in [0, 0.05) is 32.3 Å². The highest BCUT2D eigenvalue weighted by Crippen LogP contribution is 2.39. The zero-order valence-corrected chi connectivity index (χ0v) is 21.2. The van der Waals surface area contributed by atoms with Gasteiger partial charge in [-0.15, -0.1) is 0 Å². The van der Waals surface area contributed by atoms with E-state index in [1.54, 1.807) is 24.3 Å². The Labute approximate surface area is 211 Å². The number of benzene rings is 2. The Hall–Kier alpha value is -3.21. The van der Waals surface area contributed by atoms with Gasteiger partial charge in [0.25, 0.3) is 11.7 Å². The number of nitrogens with zero attached hydrogens (tertiary/aromatic N) is 2. The second-order valence-electron chi connectivity index (χ2n) is 8.75. The molecule has 2 saturated heterocycles. The third kappa shape index (κ3) is 4.88. The average molecular weight is 515 g/mol. The van der Waals surface area contributed by atoms with E-state index >= 15 is 0 Å². The first kappa shape index (κ1) is 25.9. The highest BCUT2D eigenvalue weighted by molar-refractivity contribution is 7.89. The number of hydrogen-bond acceptors (Lipinski definition) is 7. The third-order valence-corrected chi connectivity index (χ3v) is 8.50. The number of piperidine rings is 1. The largest absolute Gasteiger partial charge is 0.507 e. The predicted octanol–water partition coefficient (Wildman–Crippen LogP) is 2.94. The van der Waals surface area contributed by atoms with E-state index in [9.17, 15) is 23.1 Å². The number of carbonyl (C=O) groups excluding carboxylic acids is 2. The Bertz CT molecular complexity index is 1250. The van der Waals surface area contributed by atoms with Crippen molar-refractivity contribution in [1.82, 2.24) is 9.21 Å². The standard InChI is InChI=1S/C26H30N2O7S/c1-34-17-16-28-23(18-6-10-20(35-2)11-7-18)22(25(30)26(28)31)24(29)19-8-12-21(13-9-19)36(32,33)27-14-4-3-5-15-27/h6-13,23,29H,3-5,14-17H2,1-2H3/t23-/m1/s1. The number of likely N-dealkylation sites (tertiary alicyclic amines) is 1. The Morgan fingerprint density at radius 2 is 1.61 bits per heavy atom. The molecule has 4 rings (SSSR count). The fraction of sp³-hybridized carbons (Fsp3) is 0.385. The zero-order valence-electron chi connectivity index (χ0n) is 20.3. The number of carbonyl (C=O) groups is 2. The molecule has 9 nitrogen and oxygen atoms in total. The van der Waals surface area contributed by atoms with Gasteiger partial charge in [-0.2, -0.15) is 4.31 Å². The van der Waals surface area contributed by atoms with Crippen molar-refractivity contribution in [2.45, 2.75) is 30.2 Å². The molecule has 1 amide bonds.